The SMILES string of the molecule is CC(=O)NCCNCc1cc(F)c(F)c(F)c1. The average Bonchev–Trinajstić information content (AvgIpc) is 2.25. The molecule has 0 bridgehead atoms. The van der Waals surface area contributed by atoms with Crippen molar-refractivity contribution >= 4 is 5.91 Å². The lowest BCUT2D eigenvalue weighted by Crippen LogP contribution is -2.29. The number of carbonyl (C=O) groups excluding carboxylic acids is 1. The first kappa shape index (κ1) is 13.5. The average molecular weight is 246 g/mol. The van der Waals surface area contributed by atoms with Gasteiger partial charge in [0.2, 0.25) is 5.91 Å². The smallest absolute Gasteiger partial charge is 0.216 e. The van der Waals surface area contributed by atoms with Crippen LogP contribution in [0.4, 0.5) is 13.2 Å². The van der Waals surface area contributed by atoms with E-state index in [1.165, 1.54) is 6.92 Å². The van der Waals surface area contributed by atoms with Gasteiger partial charge in [0.1, 0.15) is 0 Å². The van der Waals surface area contributed by atoms with Crippen molar-refractivity contribution in [2.45, 2.75) is 13.5 Å². The minimum atomic E-state index is -1.47. The maximum atomic E-state index is 12.8. The highest BCUT2D eigenvalue weighted by Gasteiger charge is 2.09. The third-order valence-corrected chi connectivity index (χ3v) is 2.05. The Bertz CT molecular complexity index is 387. The highest BCUT2D eigenvalue weighted by Crippen LogP contribution is 2.13. The number of carbonyl (C=O) groups is 1. The molecule has 6 heteroatoms. The third-order valence-electron chi connectivity index (χ3n) is 2.05. The van der Waals surface area contributed by atoms with E-state index >= 15 is 0 Å². The lowest BCUT2D eigenvalue weighted by molar-refractivity contribution is -0.118. The van der Waals surface area contributed by atoms with Crippen molar-refractivity contribution in [2.75, 3.05) is 13.1 Å². The molecule has 1 aromatic rings. The molecule has 0 aromatic heterocycles. The first-order valence-corrected chi connectivity index (χ1v) is 5.09. The van der Waals surface area contributed by atoms with Crippen molar-refractivity contribution < 1.29 is 18.0 Å². The van der Waals surface area contributed by atoms with Crippen LogP contribution in [0.5, 0.6) is 0 Å². The molecule has 0 unspecified atom stereocenters. The van der Waals surface area contributed by atoms with Gasteiger partial charge < -0.3 is 10.6 Å². The molecule has 1 amide bonds. The Morgan fingerprint density at radius 3 is 2.29 bits per heavy atom. The van der Waals surface area contributed by atoms with Crippen LogP contribution in [0, 0.1) is 17.5 Å². The quantitative estimate of drug-likeness (QED) is 0.608. The maximum absolute atomic E-state index is 12.8. The van der Waals surface area contributed by atoms with Crippen LogP contribution < -0.4 is 10.6 Å². The van der Waals surface area contributed by atoms with E-state index in [0.717, 1.165) is 12.1 Å². The van der Waals surface area contributed by atoms with Crippen LogP contribution in [0.25, 0.3) is 0 Å². The molecule has 17 heavy (non-hydrogen) atoms. The molecule has 0 heterocycles. The van der Waals surface area contributed by atoms with E-state index in [1.807, 2.05) is 0 Å². The van der Waals surface area contributed by atoms with Crippen LogP contribution in [0.3, 0.4) is 0 Å². The van der Waals surface area contributed by atoms with E-state index in [-0.39, 0.29) is 12.5 Å². The summed E-state index contributed by atoms with van der Waals surface area (Å²) in [6, 6.07) is 1.87. The highest BCUT2D eigenvalue weighted by atomic mass is 19.2. The largest absolute Gasteiger partial charge is 0.355 e. The van der Waals surface area contributed by atoms with Crippen LogP contribution in [0.15, 0.2) is 12.1 Å². The van der Waals surface area contributed by atoms with Crippen molar-refractivity contribution in [3.63, 3.8) is 0 Å². The van der Waals surface area contributed by atoms with E-state index in [0.29, 0.717) is 18.7 Å². The van der Waals surface area contributed by atoms with Crippen LogP contribution in [-0.2, 0) is 11.3 Å². The predicted molar refractivity (Wildman–Crippen MR) is 56.7 cm³/mol. The molecular weight excluding hydrogens is 233 g/mol. The Morgan fingerprint density at radius 2 is 1.76 bits per heavy atom. The van der Waals surface area contributed by atoms with Gasteiger partial charge in [0.25, 0.3) is 0 Å². The molecule has 0 saturated heterocycles. The molecule has 0 aliphatic heterocycles. The van der Waals surface area contributed by atoms with Crippen LogP contribution in [-0.4, -0.2) is 19.0 Å². The summed E-state index contributed by atoms with van der Waals surface area (Å²) in [5.74, 6) is -4.02. The minimum Gasteiger partial charge on any atom is -0.355 e. The predicted octanol–water partition coefficient (Wildman–Crippen LogP) is 1.33. The van der Waals surface area contributed by atoms with Gasteiger partial charge >= 0.3 is 0 Å². The molecule has 0 saturated carbocycles. The molecule has 1 rings (SSSR count). The monoisotopic (exact) mass is 246 g/mol. The highest BCUT2D eigenvalue weighted by molar-refractivity contribution is 5.72. The van der Waals surface area contributed by atoms with Crippen LogP contribution in [0.2, 0.25) is 0 Å². The van der Waals surface area contributed by atoms with Gasteiger partial charge in [0.15, 0.2) is 17.5 Å². The van der Waals surface area contributed by atoms with Gasteiger partial charge in [-0.1, -0.05) is 0 Å². The Morgan fingerprint density at radius 1 is 1.18 bits per heavy atom. The summed E-state index contributed by atoms with van der Waals surface area (Å²) in [7, 11) is 0. The number of nitrogens with one attached hydrogen (secondary N) is 2. The fourth-order valence-corrected chi connectivity index (χ4v) is 1.27. The fraction of sp³-hybridized carbons (Fsp3) is 0.364. The number of amides is 1. The summed E-state index contributed by atoms with van der Waals surface area (Å²) >= 11 is 0. The molecule has 0 aliphatic carbocycles. The summed E-state index contributed by atoms with van der Waals surface area (Å²) in [5.41, 5.74) is 0.309. The molecule has 2 N–H and O–H groups in total. The Balaban J connectivity index is 2.39. The summed E-state index contributed by atoms with van der Waals surface area (Å²) in [5, 5.41) is 5.41. The second-order valence-electron chi connectivity index (χ2n) is 3.53. The molecule has 0 aliphatic rings. The van der Waals surface area contributed by atoms with Crippen LogP contribution >= 0.6 is 0 Å². The molecule has 1 aromatic carbocycles. The normalized spacial score (nSPS) is 10.4. The molecule has 0 fully saturated rings. The molecule has 0 atom stereocenters. The topological polar surface area (TPSA) is 41.1 Å². The third kappa shape index (κ3) is 4.44. The van der Waals surface area contributed by atoms with E-state index in [4.69, 9.17) is 0 Å². The Hall–Kier alpha value is -1.56. The lowest BCUT2D eigenvalue weighted by Gasteiger charge is -2.06. The van der Waals surface area contributed by atoms with Gasteiger partial charge in [0, 0.05) is 26.6 Å². The molecule has 0 radical (unpaired) electrons. The standard InChI is InChI=1S/C11H13F3N2O/c1-7(17)16-3-2-15-6-8-4-9(12)11(14)10(13)5-8/h4-5,15H,2-3,6H2,1H3,(H,16,17). The van der Waals surface area contributed by atoms with Gasteiger partial charge in [0.05, 0.1) is 0 Å². The zero-order valence-electron chi connectivity index (χ0n) is 9.32. The van der Waals surface area contributed by atoms with Gasteiger partial charge in [-0.15, -0.1) is 0 Å². The first-order valence-electron chi connectivity index (χ1n) is 5.09. The number of hydrogen-bond acceptors (Lipinski definition) is 2. The first-order chi connectivity index (χ1) is 8.00. The van der Waals surface area contributed by atoms with Crippen molar-refractivity contribution in [3.8, 4) is 0 Å². The molecule has 0 spiro atoms. The van der Waals surface area contributed by atoms with E-state index in [2.05, 4.69) is 10.6 Å². The summed E-state index contributed by atoms with van der Waals surface area (Å²) in [6.07, 6.45) is 0. The zero-order chi connectivity index (χ0) is 12.8. The van der Waals surface area contributed by atoms with E-state index < -0.39 is 17.5 Å². The number of halogens is 3. The second kappa shape index (κ2) is 6.24. The maximum Gasteiger partial charge on any atom is 0.216 e. The van der Waals surface area contributed by atoms with Gasteiger partial charge in [-0.05, 0) is 17.7 Å². The van der Waals surface area contributed by atoms with E-state index in [1.54, 1.807) is 0 Å². The van der Waals surface area contributed by atoms with Gasteiger partial charge in [-0.3, -0.25) is 4.79 Å². The molecule has 3 nitrogen and oxygen atoms in total. The van der Waals surface area contributed by atoms with Crippen molar-refractivity contribution in [1.29, 1.82) is 0 Å². The van der Waals surface area contributed by atoms with Crippen molar-refractivity contribution in [2.24, 2.45) is 0 Å². The Labute approximate surface area is 97.0 Å². The molecule has 94 valence electrons. The van der Waals surface area contributed by atoms with Crippen LogP contribution in [0.1, 0.15) is 12.5 Å². The zero-order valence-corrected chi connectivity index (χ0v) is 9.32. The van der Waals surface area contributed by atoms with Crippen molar-refractivity contribution in [3.05, 3.63) is 35.1 Å². The number of benzene rings is 1. The fourth-order valence-electron chi connectivity index (χ4n) is 1.27. The van der Waals surface area contributed by atoms with Gasteiger partial charge in [-0.25, -0.2) is 13.2 Å². The summed E-state index contributed by atoms with van der Waals surface area (Å²) in [4.78, 5) is 10.5. The van der Waals surface area contributed by atoms with Gasteiger partial charge in [-0.2, -0.15) is 0 Å². The summed E-state index contributed by atoms with van der Waals surface area (Å²) < 4.78 is 38.3. The number of rotatable bonds is 5. The van der Waals surface area contributed by atoms with E-state index in [9.17, 15) is 18.0 Å². The molecular formula is C11H13F3N2O. The van der Waals surface area contributed by atoms with Crippen molar-refractivity contribution in [1.82, 2.24) is 10.6 Å². The summed E-state index contributed by atoms with van der Waals surface area (Å²) in [6.45, 7) is 2.47. The number of hydrogen-bond donors (Lipinski definition) is 2. The second-order valence-corrected chi connectivity index (χ2v) is 3.53. The Kier molecular flexibility index (Phi) is 4.96. The minimum absolute atomic E-state index is 0.148. The lowest BCUT2D eigenvalue weighted by atomic mass is 10.2.